The van der Waals surface area contributed by atoms with Crippen LogP contribution in [-0.2, 0) is 4.79 Å². The van der Waals surface area contributed by atoms with E-state index in [0.717, 1.165) is 58.4 Å². The normalized spacial score (nSPS) is 24.0. The molecule has 6 nitrogen and oxygen atoms in total. The van der Waals surface area contributed by atoms with Crippen LogP contribution in [0.3, 0.4) is 0 Å². The lowest BCUT2D eigenvalue weighted by atomic mass is 9.85. The Labute approximate surface area is 145 Å². The van der Waals surface area contributed by atoms with E-state index in [2.05, 4.69) is 40.8 Å². The molecule has 0 bridgehead atoms. The quantitative estimate of drug-likeness (QED) is 0.840. The maximum atomic E-state index is 13.2. The number of likely N-dealkylation sites (tertiary alicyclic amines) is 1. The summed E-state index contributed by atoms with van der Waals surface area (Å²) in [5.74, 6) is 0.231. The number of piperidine rings is 1. The molecule has 0 saturated carbocycles. The van der Waals surface area contributed by atoms with Crippen LogP contribution in [0.15, 0.2) is 18.5 Å². The molecule has 3 rings (SSSR count). The fourth-order valence-electron chi connectivity index (χ4n) is 4.20. The highest BCUT2D eigenvalue weighted by Gasteiger charge is 2.42. The average Bonchev–Trinajstić information content (AvgIpc) is 3.05. The zero-order chi connectivity index (χ0) is 17.2. The zero-order valence-electron chi connectivity index (χ0n) is 15.3. The van der Waals surface area contributed by atoms with Gasteiger partial charge in [0, 0.05) is 37.6 Å². The van der Waals surface area contributed by atoms with Gasteiger partial charge in [0.25, 0.3) is 0 Å². The summed E-state index contributed by atoms with van der Waals surface area (Å²) in [6.07, 6.45) is 7.77. The first-order chi connectivity index (χ1) is 11.6. The number of amides is 1. The summed E-state index contributed by atoms with van der Waals surface area (Å²) in [4.78, 5) is 20.2. The molecule has 2 aliphatic rings. The van der Waals surface area contributed by atoms with Crippen LogP contribution in [-0.4, -0.2) is 82.7 Å². The highest BCUT2D eigenvalue weighted by atomic mass is 16.2. The largest absolute Gasteiger partial charge is 0.339 e. The van der Waals surface area contributed by atoms with Crippen molar-refractivity contribution in [1.29, 1.82) is 0 Å². The zero-order valence-corrected chi connectivity index (χ0v) is 15.3. The Balaban J connectivity index is 1.78. The van der Waals surface area contributed by atoms with E-state index in [1.807, 2.05) is 16.9 Å². The molecule has 2 saturated heterocycles. The molecule has 0 aliphatic carbocycles. The van der Waals surface area contributed by atoms with Crippen molar-refractivity contribution in [2.75, 3.05) is 46.8 Å². The predicted octanol–water partition coefficient (Wildman–Crippen LogP) is 1.46. The summed E-state index contributed by atoms with van der Waals surface area (Å²) in [5, 5.41) is 4.31. The van der Waals surface area contributed by atoms with Crippen molar-refractivity contribution in [3.05, 3.63) is 18.5 Å². The number of aromatic nitrogens is 2. The highest BCUT2D eigenvalue weighted by Crippen LogP contribution is 2.31. The summed E-state index contributed by atoms with van der Waals surface area (Å²) in [6.45, 7) is 7.09. The minimum absolute atomic E-state index is 0.140. The van der Waals surface area contributed by atoms with E-state index in [9.17, 15) is 4.79 Å². The highest BCUT2D eigenvalue weighted by molar-refractivity contribution is 5.80. The van der Waals surface area contributed by atoms with Gasteiger partial charge in [0.1, 0.15) is 6.04 Å². The van der Waals surface area contributed by atoms with Gasteiger partial charge in [-0.05, 0) is 58.9 Å². The van der Waals surface area contributed by atoms with Crippen molar-refractivity contribution in [3.8, 4) is 0 Å². The fraction of sp³-hybridized carbons (Fsp3) is 0.778. The third-order valence-electron chi connectivity index (χ3n) is 5.96. The maximum Gasteiger partial charge on any atom is 0.247 e. The second-order valence-corrected chi connectivity index (χ2v) is 7.47. The van der Waals surface area contributed by atoms with Crippen LogP contribution in [0.25, 0.3) is 0 Å². The number of carbonyl (C=O) groups excluding carboxylic acids is 1. The van der Waals surface area contributed by atoms with Gasteiger partial charge in [-0.2, -0.15) is 5.10 Å². The molecule has 0 aromatic carbocycles. The Morgan fingerprint density at radius 3 is 2.58 bits per heavy atom. The van der Waals surface area contributed by atoms with Gasteiger partial charge >= 0.3 is 0 Å². The monoisotopic (exact) mass is 333 g/mol. The molecule has 0 unspecified atom stereocenters. The molecule has 1 atom stereocenters. The van der Waals surface area contributed by atoms with E-state index in [4.69, 9.17) is 0 Å². The predicted molar refractivity (Wildman–Crippen MR) is 94.8 cm³/mol. The molecule has 1 aromatic rings. The minimum Gasteiger partial charge on any atom is -0.339 e. The van der Waals surface area contributed by atoms with Crippen LogP contribution >= 0.6 is 0 Å². The van der Waals surface area contributed by atoms with Crippen LogP contribution in [0.1, 0.15) is 38.6 Å². The third kappa shape index (κ3) is 3.35. The van der Waals surface area contributed by atoms with Gasteiger partial charge in [0.2, 0.25) is 5.91 Å². The average molecular weight is 333 g/mol. The van der Waals surface area contributed by atoms with Crippen LogP contribution in [0.4, 0.5) is 0 Å². The van der Waals surface area contributed by atoms with E-state index in [1.165, 1.54) is 0 Å². The lowest BCUT2D eigenvalue weighted by molar-refractivity contribution is -0.136. The van der Waals surface area contributed by atoms with Gasteiger partial charge in [-0.1, -0.05) is 6.92 Å². The summed E-state index contributed by atoms with van der Waals surface area (Å²) < 4.78 is 1.82. The van der Waals surface area contributed by atoms with Crippen LogP contribution in [0.2, 0.25) is 0 Å². The molecular formula is C18H31N5O. The molecule has 0 radical (unpaired) electrons. The lowest BCUT2D eigenvalue weighted by Gasteiger charge is -2.47. The standard InChI is InChI=1S/C18H31N5O/c1-4-16(23-12-5-9-19-23)17(24)22-11-6-10-21(3)18(15-22)7-13-20(2)14-8-18/h5,9,12,16H,4,6-8,10-11,13-15H2,1-3H3/t16-/m0/s1. The van der Waals surface area contributed by atoms with Gasteiger partial charge < -0.3 is 9.80 Å². The number of hydrogen-bond acceptors (Lipinski definition) is 4. The summed E-state index contributed by atoms with van der Waals surface area (Å²) in [7, 11) is 4.43. The van der Waals surface area contributed by atoms with Gasteiger partial charge in [-0.15, -0.1) is 0 Å². The van der Waals surface area contributed by atoms with Gasteiger partial charge in [-0.25, -0.2) is 0 Å². The minimum atomic E-state index is -0.174. The van der Waals surface area contributed by atoms with Crippen LogP contribution < -0.4 is 0 Å². The van der Waals surface area contributed by atoms with Gasteiger partial charge in [0.05, 0.1) is 0 Å². The first kappa shape index (κ1) is 17.4. The van der Waals surface area contributed by atoms with Crippen molar-refractivity contribution in [3.63, 3.8) is 0 Å². The van der Waals surface area contributed by atoms with Gasteiger partial charge in [-0.3, -0.25) is 14.4 Å². The van der Waals surface area contributed by atoms with E-state index in [-0.39, 0.29) is 17.5 Å². The van der Waals surface area contributed by atoms with Gasteiger partial charge in [0.15, 0.2) is 0 Å². The molecule has 1 aromatic heterocycles. The number of carbonyl (C=O) groups is 1. The lowest BCUT2D eigenvalue weighted by Crippen LogP contribution is -2.58. The number of nitrogens with zero attached hydrogens (tertiary/aromatic N) is 5. The number of rotatable bonds is 3. The molecule has 6 heteroatoms. The number of hydrogen-bond donors (Lipinski definition) is 0. The van der Waals surface area contributed by atoms with E-state index in [1.54, 1.807) is 6.20 Å². The third-order valence-corrected chi connectivity index (χ3v) is 5.96. The molecule has 1 spiro atoms. The van der Waals surface area contributed by atoms with E-state index >= 15 is 0 Å². The SMILES string of the molecule is CC[C@@H](C(=O)N1CCCN(C)C2(CCN(C)CC2)C1)n1cccn1. The molecular weight excluding hydrogens is 302 g/mol. The van der Waals surface area contributed by atoms with Crippen molar-refractivity contribution in [2.45, 2.75) is 44.2 Å². The second kappa shape index (κ2) is 7.23. The fourth-order valence-corrected chi connectivity index (χ4v) is 4.20. The molecule has 2 aliphatic heterocycles. The van der Waals surface area contributed by atoms with Crippen LogP contribution in [0, 0.1) is 0 Å². The molecule has 0 N–H and O–H groups in total. The van der Waals surface area contributed by atoms with E-state index in [0.29, 0.717) is 0 Å². The Morgan fingerprint density at radius 1 is 1.21 bits per heavy atom. The van der Waals surface area contributed by atoms with Crippen molar-refractivity contribution >= 4 is 5.91 Å². The van der Waals surface area contributed by atoms with Crippen LogP contribution in [0.5, 0.6) is 0 Å². The second-order valence-electron chi connectivity index (χ2n) is 7.47. The van der Waals surface area contributed by atoms with Crippen molar-refractivity contribution < 1.29 is 4.79 Å². The smallest absolute Gasteiger partial charge is 0.247 e. The van der Waals surface area contributed by atoms with Crippen molar-refractivity contribution in [1.82, 2.24) is 24.5 Å². The molecule has 3 heterocycles. The Morgan fingerprint density at radius 2 is 1.96 bits per heavy atom. The Hall–Kier alpha value is -1.40. The molecule has 24 heavy (non-hydrogen) atoms. The number of likely N-dealkylation sites (N-methyl/N-ethyl adjacent to an activating group) is 1. The first-order valence-corrected chi connectivity index (χ1v) is 9.23. The Kier molecular flexibility index (Phi) is 5.25. The van der Waals surface area contributed by atoms with Crippen molar-refractivity contribution in [2.24, 2.45) is 0 Å². The summed E-state index contributed by atoms with van der Waals surface area (Å²) in [5.41, 5.74) is 0.140. The molecule has 2 fully saturated rings. The Bertz CT molecular complexity index is 536. The first-order valence-electron chi connectivity index (χ1n) is 9.23. The molecule has 1 amide bonds. The maximum absolute atomic E-state index is 13.2. The van der Waals surface area contributed by atoms with E-state index < -0.39 is 0 Å². The summed E-state index contributed by atoms with van der Waals surface area (Å²) in [6, 6.07) is 1.72. The summed E-state index contributed by atoms with van der Waals surface area (Å²) >= 11 is 0. The molecule has 134 valence electrons. The topological polar surface area (TPSA) is 44.6 Å².